The molecule has 2 aromatic carbocycles. The van der Waals surface area contributed by atoms with Crippen molar-refractivity contribution in [3.8, 4) is 0 Å². The highest BCUT2D eigenvalue weighted by atomic mass is 32.2. The number of hydrogen-bond donors (Lipinski definition) is 2. The molecule has 176 valence electrons. The van der Waals surface area contributed by atoms with Gasteiger partial charge in [-0.05, 0) is 23.5 Å². The lowest BCUT2D eigenvalue weighted by atomic mass is 10.0. The average molecular weight is 496 g/mol. The van der Waals surface area contributed by atoms with Crippen LogP contribution < -0.4 is 11.1 Å². The van der Waals surface area contributed by atoms with E-state index in [0.29, 0.717) is 17.2 Å². The van der Waals surface area contributed by atoms with Crippen LogP contribution in [0.15, 0.2) is 82.7 Å². The molecule has 34 heavy (non-hydrogen) atoms. The minimum Gasteiger partial charge on any atom is -0.448 e. The highest BCUT2D eigenvalue weighted by Gasteiger charge is 2.52. The van der Waals surface area contributed by atoms with Crippen LogP contribution >= 0.6 is 23.5 Å². The zero-order chi connectivity index (χ0) is 24.1. The summed E-state index contributed by atoms with van der Waals surface area (Å²) in [6.45, 7) is 2.36. The van der Waals surface area contributed by atoms with Gasteiger partial charge in [-0.3, -0.25) is 14.5 Å². The summed E-state index contributed by atoms with van der Waals surface area (Å²) >= 11 is 2.73. The number of nitrogens with two attached hydrogens (primary N) is 1. The molecule has 0 radical (unpaired) electrons. The molecule has 4 rings (SSSR count). The first-order chi connectivity index (χ1) is 16.5. The van der Waals surface area contributed by atoms with E-state index in [0.717, 1.165) is 11.1 Å². The zero-order valence-electron chi connectivity index (χ0n) is 18.5. The van der Waals surface area contributed by atoms with Crippen molar-refractivity contribution >= 4 is 41.3 Å². The van der Waals surface area contributed by atoms with E-state index in [-0.39, 0.29) is 22.9 Å². The van der Waals surface area contributed by atoms with Crippen LogP contribution in [0.5, 0.6) is 0 Å². The van der Waals surface area contributed by atoms with E-state index in [2.05, 4.69) is 5.32 Å². The van der Waals surface area contributed by atoms with Gasteiger partial charge in [-0.25, -0.2) is 4.79 Å². The first-order valence-electron chi connectivity index (χ1n) is 10.9. The molecular weight excluding hydrogens is 470 g/mol. The summed E-state index contributed by atoms with van der Waals surface area (Å²) in [6.07, 6.45) is 0.763. The van der Waals surface area contributed by atoms with E-state index >= 15 is 0 Å². The first kappa shape index (κ1) is 24.1. The van der Waals surface area contributed by atoms with Gasteiger partial charge in [0.05, 0.1) is 0 Å². The van der Waals surface area contributed by atoms with Gasteiger partial charge in [0.1, 0.15) is 17.1 Å². The van der Waals surface area contributed by atoms with Crippen LogP contribution in [0.4, 0.5) is 0 Å². The number of nitrogens with one attached hydrogen (secondary N) is 1. The largest absolute Gasteiger partial charge is 0.448 e. The minimum absolute atomic E-state index is 0.192. The molecule has 2 aliphatic rings. The number of β-lactam (4-membered cyclic amide) rings is 1. The van der Waals surface area contributed by atoms with Gasteiger partial charge in [0.15, 0.2) is 6.10 Å². The van der Waals surface area contributed by atoms with Crippen LogP contribution in [0.3, 0.4) is 0 Å². The summed E-state index contributed by atoms with van der Waals surface area (Å²) in [5.41, 5.74) is 7.81. The Bertz CT molecular complexity index is 1080. The number of carbonyl (C=O) groups is 3. The fourth-order valence-corrected chi connectivity index (χ4v) is 5.99. The van der Waals surface area contributed by atoms with Crippen molar-refractivity contribution in [2.75, 3.05) is 12.3 Å². The van der Waals surface area contributed by atoms with E-state index in [1.165, 1.54) is 34.5 Å². The van der Waals surface area contributed by atoms with Crippen LogP contribution in [0.2, 0.25) is 0 Å². The molecule has 0 aliphatic carbocycles. The number of fused-ring (bicyclic) bond motifs is 1. The maximum atomic E-state index is 13.6. The van der Waals surface area contributed by atoms with Crippen molar-refractivity contribution in [2.24, 2.45) is 5.73 Å². The molecule has 2 atom stereocenters. The molecule has 0 unspecified atom stereocenters. The van der Waals surface area contributed by atoms with E-state index in [4.69, 9.17) is 10.5 Å². The predicted octanol–water partition coefficient (Wildman–Crippen LogP) is 3.16. The molecule has 7 nitrogen and oxygen atoms in total. The lowest BCUT2D eigenvalue weighted by Crippen LogP contribution is -2.68. The summed E-state index contributed by atoms with van der Waals surface area (Å²) in [6, 6.07) is 18.3. The van der Waals surface area contributed by atoms with Gasteiger partial charge in [0.2, 0.25) is 11.8 Å². The quantitative estimate of drug-likeness (QED) is 0.330. The highest BCUT2D eigenvalue weighted by Crippen LogP contribution is 2.44. The maximum Gasteiger partial charge on any atom is 0.356 e. The van der Waals surface area contributed by atoms with E-state index in [1.54, 1.807) is 5.41 Å². The summed E-state index contributed by atoms with van der Waals surface area (Å²) in [4.78, 5) is 40.0. The molecular formula is C25H25N3O4S2. The zero-order valence-corrected chi connectivity index (χ0v) is 20.2. The van der Waals surface area contributed by atoms with Crippen molar-refractivity contribution in [3.63, 3.8) is 0 Å². The fourth-order valence-electron chi connectivity index (χ4n) is 3.73. The maximum absolute atomic E-state index is 13.6. The summed E-state index contributed by atoms with van der Waals surface area (Å²) in [5, 5.41) is 4.00. The first-order valence-corrected chi connectivity index (χ1v) is 12.8. The Kier molecular flexibility index (Phi) is 7.77. The van der Waals surface area contributed by atoms with Gasteiger partial charge in [-0.2, -0.15) is 0 Å². The van der Waals surface area contributed by atoms with E-state index in [1.807, 2.05) is 67.6 Å². The molecule has 1 saturated heterocycles. The van der Waals surface area contributed by atoms with Crippen LogP contribution in [0.1, 0.15) is 24.2 Å². The van der Waals surface area contributed by atoms with Crippen LogP contribution in [0.25, 0.3) is 0 Å². The summed E-state index contributed by atoms with van der Waals surface area (Å²) in [5.74, 6) is -0.655. The van der Waals surface area contributed by atoms with Crippen molar-refractivity contribution < 1.29 is 19.1 Å². The molecule has 9 heteroatoms. The molecule has 3 N–H and O–H groups in total. The number of thioether (sulfide) groups is 2. The monoisotopic (exact) mass is 495 g/mol. The molecule has 2 aromatic rings. The topological polar surface area (TPSA) is 102 Å². The number of esters is 1. The molecule has 2 heterocycles. The molecule has 2 aliphatic heterocycles. The van der Waals surface area contributed by atoms with Gasteiger partial charge in [0, 0.05) is 23.3 Å². The van der Waals surface area contributed by atoms with Crippen LogP contribution in [0, 0.1) is 0 Å². The third-order valence-electron chi connectivity index (χ3n) is 5.38. The Morgan fingerprint density at radius 2 is 1.79 bits per heavy atom. The van der Waals surface area contributed by atoms with Crippen LogP contribution in [-0.2, 0) is 19.1 Å². The Morgan fingerprint density at radius 1 is 1.18 bits per heavy atom. The molecule has 0 bridgehead atoms. The highest BCUT2D eigenvalue weighted by molar-refractivity contribution is 8.08. The van der Waals surface area contributed by atoms with Crippen molar-refractivity contribution in [3.05, 3.63) is 93.9 Å². The third-order valence-corrected chi connectivity index (χ3v) is 7.76. The number of benzene rings is 2. The number of likely N-dealkylation sites (N-methyl/N-ethyl adjacent to an activating group) is 1. The number of carbonyl (C=O) groups excluding carboxylic acids is 3. The molecule has 0 saturated carbocycles. The van der Waals surface area contributed by atoms with Crippen molar-refractivity contribution in [2.45, 2.75) is 24.4 Å². The fraction of sp³-hybridized carbons (Fsp3) is 0.240. The lowest BCUT2D eigenvalue weighted by molar-refractivity contribution is -0.152. The number of amides is 2. The normalized spacial score (nSPS) is 19.7. The molecule has 1 fully saturated rings. The number of nitrogens with zero attached hydrogens (tertiary/aromatic N) is 1. The summed E-state index contributed by atoms with van der Waals surface area (Å²) < 4.78 is 6.04. The molecule has 0 spiro atoms. The van der Waals surface area contributed by atoms with Gasteiger partial charge < -0.3 is 15.8 Å². The third kappa shape index (κ3) is 5.06. The molecule has 0 aromatic heterocycles. The Balaban J connectivity index is 1.65. The van der Waals surface area contributed by atoms with Gasteiger partial charge >= 0.3 is 5.97 Å². The van der Waals surface area contributed by atoms with Gasteiger partial charge in [0.25, 0.3) is 0 Å². The molecule has 2 amide bonds. The van der Waals surface area contributed by atoms with Gasteiger partial charge in [-0.1, -0.05) is 72.4 Å². The number of rotatable bonds is 8. The van der Waals surface area contributed by atoms with E-state index in [9.17, 15) is 14.4 Å². The standard InChI is InChI=1S/C25H25N3O4S2/c1-2-27-19(29)13-14-33-18-15-34-24-20(26)23(30)28(24)21(18)25(31)32-22(16-9-5-3-6-10-16)17-11-7-4-8-12-17/h3-14,20,22,24H,2,15,26H2,1H3,(H,27,29)/b14-13-/t20-,24-/m1/s1. The Labute approximate surface area is 206 Å². The SMILES string of the molecule is CCNC(=O)/C=C\SC1=C(C(=O)OC(c2ccccc2)c2ccccc2)N2C(=O)[C@@H](N)[C@H]2SC1. The lowest BCUT2D eigenvalue weighted by Gasteiger charge is -2.48. The van der Waals surface area contributed by atoms with Crippen LogP contribution in [-0.4, -0.2) is 46.4 Å². The Hall–Kier alpha value is -3.01. The minimum atomic E-state index is -0.649. The second kappa shape index (κ2) is 10.9. The van der Waals surface area contributed by atoms with Gasteiger partial charge in [-0.15, -0.1) is 11.8 Å². The number of hydrogen-bond acceptors (Lipinski definition) is 7. The smallest absolute Gasteiger partial charge is 0.356 e. The van der Waals surface area contributed by atoms with Crippen molar-refractivity contribution in [1.82, 2.24) is 10.2 Å². The predicted molar refractivity (Wildman–Crippen MR) is 134 cm³/mol. The Morgan fingerprint density at radius 3 is 2.38 bits per heavy atom. The van der Waals surface area contributed by atoms with E-state index < -0.39 is 18.1 Å². The second-order valence-corrected chi connectivity index (χ2v) is 9.73. The second-order valence-electron chi connectivity index (χ2n) is 7.63. The number of ether oxygens (including phenoxy) is 1. The summed E-state index contributed by atoms with van der Waals surface area (Å²) in [7, 11) is 0. The van der Waals surface area contributed by atoms with Crippen molar-refractivity contribution in [1.29, 1.82) is 0 Å². The average Bonchev–Trinajstić information content (AvgIpc) is 2.87.